The Morgan fingerprint density at radius 2 is 1.95 bits per heavy atom. The van der Waals surface area contributed by atoms with Crippen molar-refractivity contribution in [3.8, 4) is 5.75 Å². The van der Waals surface area contributed by atoms with Gasteiger partial charge in [0.1, 0.15) is 5.75 Å². The van der Waals surface area contributed by atoms with Gasteiger partial charge in [-0.1, -0.05) is 6.92 Å². The second kappa shape index (κ2) is 7.63. The molecule has 1 rings (SSSR count). The van der Waals surface area contributed by atoms with E-state index in [2.05, 4.69) is 17.6 Å². The molecule has 0 bridgehead atoms. The molecule has 1 aromatic rings. The van der Waals surface area contributed by atoms with Gasteiger partial charge in [-0.2, -0.15) is 0 Å². The monoisotopic (exact) mass is 266 g/mol. The highest BCUT2D eigenvalue weighted by molar-refractivity contribution is 5.89. The van der Waals surface area contributed by atoms with Crippen LogP contribution in [-0.2, 0) is 0 Å². The summed E-state index contributed by atoms with van der Waals surface area (Å²) in [4.78, 5) is 11.5. The predicted molar refractivity (Wildman–Crippen MR) is 75.5 cm³/mol. The largest absolute Gasteiger partial charge is 0.491 e. The fraction of sp³-hybridized carbons (Fsp3) is 0.500. The Morgan fingerprint density at radius 3 is 2.47 bits per heavy atom. The van der Waals surface area contributed by atoms with Crippen molar-refractivity contribution in [2.24, 2.45) is 0 Å². The lowest BCUT2D eigenvalue weighted by Gasteiger charge is -2.14. The number of ether oxygens (including phenoxy) is 1. The summed E-state index contributed by atoms with van der Waals surface area (Å²) in [6.07, 6.45) is 1.12. The lowest BCUT2D eigenvalue weighted by molar-refractivity contribution is 0.217. The molecular formula is C14H22N2O3. The van der Waals surface area contributed by atoms with Gasteiger partial charge in [0.25, 0.3) is 0 Å². The first-order chi connectivity index (χ1) is 9.05. The van der Waals surface area contributed by atoms with Crippen molar-refractivity contribution < 1.29 is 14.6 Å². The Kier molecular flexibility index (Phi) is 6.15. The molecule has 0 spiro atoms. The molecule has 2 atom stereocenters. The zero-order chi connectivity index (χ0) is 14.3. The fourth-order valence-corrected chi connectivity index (χ4v) is 1.37. The predicted octanol–water partition coefficient (Wildman–Crippen LogP) is 2.37. The molecule has 0 fully saturated rings. The molecule has 5 nitrogen and oxygen atoms in total. The molecule has 0 aromatic heterocycles. The molecule has 5 heteroatoms. The minimum atomic E-state index is -0.336. The highest BCUT2D eigenvalue weighted by Gasteiger charge is 2.06. The summed E-state index contributed by atoms with van der Waals surface area (Å²) < 4.78 is 5.64. The van der Waals surface area contributed by atoms with Gasteiger partial charge in [0.2, 0.25) is 0 Å². The van der Waals surface area contributed by atoms with Crippen molar-refractivity contribution in [2.45, 2.75) is 39.3 Å². The maximum Gasteiger partial charge on any atom is 0.319 e. The number of rotatable bonds is 6. The molecule has 0 aliphatic carbocycles. The van der Waals surface area contributed by atoms with Crippen LogP contribution in [0.5, 0.6) is 5.75 Å². The lowest BCUT2D eigenvalue weighted by Crippen LogP contribution is -2.38. The summed E-state index contributed by atoms with van der Waals surface area (Å²) in [6.45, 7) is 5.71. The minimum absolute atomic E-state index is 0.0882. The number of hydrogen-bond donors (Lipinski definition) is 3. The van der Waals surface area contributed by atoms with Gasteiger partial charge in [-0.05, 0) is 44.5 Å². The van der Waals surface area contributed by atoms with Crippen LogP contribution in [0.3, 0.4) is 0 Å². The number of urea groups is 1. The molecule has 0 saturated carbocycles. The van der Waals surface area contributed by atoms with Crippen LogP contribution in [-0.4, -0.2) is 29.9 Å². The smallest absolute Gasteiger partial charge is 0.319 e. The Labute approximate surface area is 114 Å². The SMILES string of the molecule is CCC(C)Oc1ccc(NC(=O)N[C@@H](C)CO)cc1. The summed E-state index contributed by atoms with van der Waals surface area (Å²) in [7, 11) is 0. The van der Waals surface area contributed by atoms with Crippen LogP contribution >= 0.6 is 0 Å². The van der Waals surface area contributed by atoms with Gasteiger partial charge in [-0.3, -0.25) is 0 Å². The van der Waals surface area contributed by atoms with Gasteiger partial charge in [0, 0.05) is 5.69 Å². The van der Waals surface area contributed by atoms with Gasteiger partial charge in [0.15, 0.2) is 0 Å². The van der Waals surface area contributed by atoms with Crippen molar-refractivity contribution in [2.75, 3.05) is 11.9 Å². The molecule has 0 saturated heterocycles. The summed E-state index contributed by atoms with van der Waals surface area (Å²) >= 11 is 0. The Bertz CT molecular complexity index is 392. The zero-order valence-electron chi connectivity index (χ0n) is 11.6. The number of aliphatic hydroxyl groups is 1. The van der Waals surface area contributed by atoms with Crippen molar-refractivity contribution in [1.29, 1.82) is 0 Å². The van der Waals surface area contributed by atoms with Gasteiger partial charge in [-0.15, -0.1) is 0 Å². The molecule has 0 aliphatic rings. The van der Waals surface area contributed by atoms with E-state index in [0.717, 1.165) is 12.2 Å². The van der Waals surface area contributed by atoms with Crippen LogP contribution in [0.25, 0.3) is 0 Å². The van der Waals surface area contributed by atoms with Crippen LogP contribution in [0.4, 0.5) is 10.5 Å². The van der Waals surface area contributed by atoms with Crippen LogP contribution < -0.4 is 15.4 Å². The number of anilines is 1. The third-order valence-corrected chi connectivity index (χ3v) is 2.68. The molecule has 0 radical (unpaired) electrons. The number of hydrogen-bond acceptors (Lipinski definition) is 3. The number of carbonyl (C=O) groups is 1. The molecule has 1 unspecified atom stereocenters. The van der Waals surface area contributed by atoms with E-state index in [9.17, 15) is 4.79 Å². The number of aliphatic hydroxyl groups excluding tert-OH is 1. The standard InChI is InChI=1S/C14H22N2O3/c1-4-11(3)19-13-7-5-12(6-8-13)16-14(18)15-10(2)9-17/h5-8,10-11,17H,4,9H2,1-3H3,(H2,15,16,18)/t10-,11?/m0/s1. The number of amides is 2. The summed E-state index contributed by atoms with van der Waals surface area (Å²) in [5.74, 6) is 0.782. The Morgan fingerprint density at radius 1 is 1.32 bits per heavy atom. The second-order valence-electron chi connectivity index (χ2n) is 4.54. The minimum Gasteiger partial charge on any atom is -0.491 e. The van der Waals surface area contributed by atoms with E-state index >= 15 is 0 Å². The zero-order valence-corrected chi connectivity index (χ0v) is 11.6. The van der Waals surface area contributed by atoms with Crippen molar-refractivity contribution >= 4 is 11.7 Å². The topological polar surface area (TPSA) is 70.6 Å². The Balaban J connectivity index is 2.50. The van der Waals surface area contributed by atoms with Crippen LogP contribution in [0.1, 0.15) is 27.2 Å². The maximum atomic E-state index is 11.5. The van der Waals surface area contributed by atoms with Gasteiger partial charge < -0.3 is 20.5 Å². The molecule has 106 valence electrons. The van der Waals surface area contributed by atoms with E-state index in [4.69, 9.17) is 9.84 Å². The van der Waals surface area contributed by atoms with Crippen LogP contribution in [0, 0.1) is 0 Å². The lowest BCUT2D eigenvalue weighted by atomic mass is 10.3. The van der Waals surface area contributed by atoms with E-state index in [-0.39, 0.29) is 24.8 Å². The highest BCUT2D eigenvalue weighted by atomic mass is 16.5. The molecular weight excluding hydrogens is 244 g/mol. The van der Waals surface area contributed by atoms with Gasteiger partial charge in [0.05, 0.1) is 18.8 Å². The molecule has 1 aromatic carbocycles. The van der Waals surface area contributed by atoms with E-state index in [1.165, 1.54) is 0 Å². The first-order valence-electron chi connectivity index (χ1n) is 6.50. The number of benzene rings is 1. The number of nitrogens with one attached hydrogen (secondary N) is 2. The van der Waals surface area contributed by atoms with Crippen molar-refractivity contribution in [3.05, 3.63) is 24.3 Å². The van der Waals surface area contributed by atoms with Gasteiger partial charge >= 0.3 is 6.03 Å². The van der Waals surface area contributed by atoms with Gasteiger partial charge in [-0.25, -0.2) is 4.79 Å². The molecule has 2 amide bonds. The third-order valence-electron chi connectivity index (χ3n) is 2.68. The molecule has 0 aliphatic heterocycles. The maximum absolute atomic E-state index is 11.5. The third kappa shape index (κ3) is 5.61. The second-order valence-corrected chi connectivity index (χ2v) is 4.54. The Hall–Kier alpha value is -1.75. The fourth-order valence-electron chi connectivity index (χ4n) is 1.37. The molecule has 3 N–H and O–H groups in total. The molecule has 0 heterocycles. The highest BCUT2D eigenvalue weighted by Crippen LogP contribution is 2.17. The van der Waals surface area contributed by atoms with Crippen LogP contribution in [0.15, 0.2) is 24.3 Å². The van der Waals surface area contributed by atoms with Crippen molar-refractivity contribution in [1.82, 2.24) is 5.32 Å². The van der Waals surface area contributed by atoms with E-state index < -0.39 is 0 Å². The normalized spacial score (nSPS) is 13.5. The first-order valence-corrected chi connectivity index (χ1v) is 6.50. The number of carbonyl (C=O) groups excluding carboxylic acids is 1. The quantitative estimate of drug-likeness (QED) is 0.740. The summed E-state index contributed by atoms with van der Waals surface area (Å²) in [5, 5.41) is 14.1. The average Bonchev–Trinajstić information content (AvgIpc) is 2.40. The first kappa shape index (κ1) is 15.3. The van der Waals surface area contributed by atoms with E-state index in [1.54, 1.807) is 19.1 Å². The summed E-state index contributed by atoms with van der Waals surface area (Å²) in [5.41, 5.74) is 0.680. The van der Waals surface area contributed by atoms with Crippen molar-refractivity contribution in [3.63, 3.8) is 0 Å². The summed E-state index contributed by atoms with van der Waals surface area (Å²) in [6, 6.07) is 6.58. The average molecular weight is 266 g/mol. The van der Waals surface area contributed by atoms with E-state index in [0.29, 0.717) is 5.69 Å². The van der Waals surface area contributed by atoms with E-state index in [1.807, 2.05) is 19.1 Å². The molecule has 19 heavy (non-hydrogen) atoms. The van der Waals surface area contributed by atoms with Crippen LogP contribution in [0.2, 0.25) is 0 Å².